The Morgan fingerprint density at radius 3 is 2.58 bits per heavy atom. The van der Waals surface area contributed by atoms with E-state index in [1.807, 2.05) is 20.8 Å². The topological polar surface area (TPSA) is 80.7 Å². The second-order valence-electron chi connectivity index (χ2n) is 10.0. The van der Waals surface area contributed by atoms with Crippen LogP contribution < -0.4 is 0 Å². The van der Waals surface area contributed by atoms with Gasteiger partial charge in [0.1, 0.15) is 12.3 Å². The lowest BCUT2D eigenvalue weighted by atomic mass is 9.48. The number of halogens is 1. The zero-order chi connectivity index (χ0) is 22.8. The molecule has 168 valence electrons. The Kier molecular flexibility index (Phi) is 4.97. The van der Waals surface area contributed by atoms with Gasteiger partial charge >= 0.3 is 5.97 Å². The predicted molar refractivity (Wildman–Crippen MR) is 113 cm³/mol. The van der Waals surface area contributed by atoms with Crippen molar-refractivity contribution in [2.24, 2.45) is 28.6 Å². The molecule has 0 aromatic carbocycles. The van der Waals surface area contributed by atoms with Gasteiger partial charge in [-0.25, -0.2) is 4.39 Å². The molecule has 0 aromatic heterocycles. The molecule has 0 unspecified atom stereocenters. The number of hydrogen-bond donors (Lipinski definition) is 1. The number of rotatable bonds is 4. The van der Waals surface area contributed by atoms with Gasteiger partial charge in [-0.05, 0) is 50.3 Å². The number of ether oxygens (including phenoxy) is 1. The highest BCUT2D eigenvalue weighted by molar-refractivity contribution is 6.01. The second kappa shape index (κ2) is 6.96. The molecule has 2 saturated carbocycles. The van der Waals surface area contributed by atoms with Crippen LogP contribution in [0.25, 0.3) is 0 Å². The lowest BCUT2D eigenvalue weighted by Gasteiger charge is -2.58. The van der Waals surface area contributed by atoms with Crippen LogP contribution in [0.1, 0.15) is 53.4 Å². The molecule has 2 fully saturated rings. The lowest BCUT2D eigenvalue weighted by molar-refractivity contribution is -0.187. The number of carbonyl (C=O) groups is 3. The van der Waals surface area contributed by atoms with E-state index in [4.69, 9.17) is 4.74 Å². The van der Waals surface area contributed by atoms with Crippen molar-refractivity contribution in [3.63, 3.8) is 0 Å². The van der Waals surface area contributed by atoms with Crippen molar-refractivity contribution in [3.05, 3.63) is 36.0 Å². The van der Waals surface area contributed by atoms with E-state index in [-0.39, 0.29) is 24.0 Å². The molecular formula is C25H31FO5. The van der Waals surface area contributed by atoms with Gasteiger partial charge in [-0.15, -0.1) is 0 Å². The summed E-state index contributed by atoms with van der Waals surface area (Å²) < 4.78 is 22.8. The van der Waals surface area contributed by atoms with Gasteiger partial charge in [0, 0.05) is 29.1 Å². The number of alkyl halides is 1. The fourth-order valence-corrected chi connectivity index (χ4v) is 7.06. The summed E-state index contributed by atoms with van der Waals surface area (Å²) >= 11 is 0. The smallest absolute Gasteiger partial charge is 0.306 e. The molecule has 0 amide bonds. The lowest BCUT2D eigenvalue weighted by Crippen LogP contribution is -2.63. The molecule has 4 rings (SSSR count). The number of aliphatic hydroxyl groups excluding tert-OH is 1. The fraction of sp³-hybridized carbons (Fsp3) is 0.640. The number of Topliss-reactive ketones (excluding diaryl/α,β-unsaturated/α-hetero) is 1. The first-order valence-electron chi connectivity index (χ1n) is 11.2. The largest absolute Gasteiger partial charge is 0.450 e. The summed E-state index contributed by atoms with van der Waals surface area (Å²) in [6.45, 7) is 6.47. The van der Waals surface area contributed by atoms with Crippen molar-refractivity contribution in [2.45, 2.75) is 64.6 Å². The van der Waals surface area contributed by atoms with Crippen molar-refractivity contribution >= 4 is 17.5 Å². The van der Waals surface area contributed by atoms with Crippen LogP contribution in [0.3, 0.4) is 0 Å². The van der Waals surface area contributed by atoms with E-state index in [0.717, 1.165) is 5.57 Å². The minimum Gasteiger partial charge on any atom is -0.450 e. The molecule has 31 heavy (non-hydrogen) atoms. The summed E-state index contributed by atoms with van der Waals surface area (Å²) in [5.41, 5.74) is -4.30. The molecular weight excluding hydrogens is 399 g/mol. The van der Waals surface area contributed by atoms with Crippen molar-refractivity contribution in [2.75, 3.05) is 6.61 Å². The summed E-state index contributed by atoms with van der Waals surface area (Å²) in [4.78, 5) is 37.4. The fourth-order valence-electron chi connectivity index (χ4n) is 7.06. The number of hydrogen-bond acceptors (Lipinski definition) is 5. The highest BCUT2D eigenvalue weighted by Crippen LogP contribution is 2.69. The van der Waals surface area contributed by atoms with E-state index in [1.165, 1.54) is 6.08 Å². The van der Waals surface area contributed by atoms with Crippen molar-refractivity contribution in [3.8, 4) is 0 Å². The van der Waals surface area contributed by atoms with Gasteiger partial charge in [0.25, 0.3) is 0 Å². The summed E-state index contributed by atoms with van der Waals surface area (Å²) in [5.74, 6) is -2.17. The molecule has 6 heteroatoms. The third kappa shape index (κ3) is 2.60. The van der Waals surface area contributed by atoms with Crippen molar-refractivity contribution < 1.29 is 28.6 Å². The molecule has 1 N–H and O–H groups in total. The van der Waals surface area contributed by atoms with Gasteiger partial charge in [0.2, 0.25) is 5.78 Å². The van der Waals surface area contributed by atoms with Crippen LogP contribution in [-0.4, -0.2) is 40.5 Å². The molecule has 7 atom stereocenters. The highest BCUT2D eigenvalue weighted by atomic mass is 19.1. The van der Waals surface area contributed by atoms with Crippen LogP contribution in [0.15, 0.2) is 36.0 Å². The van der Waals surface area contributed by atoms with Gasteiger partial charge < -0.3 is 9.84 Å². The normalized spacial score (nSPS) is 45.4. The average Bonchev–Trinajstić information content (AvgIpc) is 2.96. The SMILES string of the molecule is CCC(=O)O[C@]1(C(=O)CO)[C@H](C)C[C@H]2[C@@H]3CCC4=CC(=O)C=C[C@]4(C)[C@@]3(F)C=C[C@@]21C. The minimum atomic E-state index is -1.72. The first kappa shape index (κ1) is 22.1. The van der Waals surface area contributed by atoms with Crippen LogP contribution in [0.2, 0.25) is 0 Å². The summed E-state index contributed by atoms with van der Waals surface area (Å²) in [5, 5.41) is 9.78. The number of allylic oxidation sites excluding steroid dienone is 5. The molecule has 0 heterocycles. The second-order valence-corrected chi connectivity index (χ2v) is 10.0. The van der Waals surface area contributed by atoms with Gasteiger partial charge in [0.15, 0.2) is 11.4 Å². The van der Waals surface area contributed by atoms with E-state index in [1.54, 1.807) is 31.2 Å². The maximum Gasteiger partial charge on any atom is 0.306 e. The Balaban J connectivity index is 1.87. The quantitative estimate of drug-likeness (QED) is 0.544. The first-order valence-corrected chi connectivity index (χ1v) is 11.2. The maximum atomic E-state index is 16.9. The van der Waals surface area contributed by atoms with Gasteiger partial charge in [0.05, 0.1) is 0 Å². The van der Waals surface area contributed by atoms with Crippen LogP contribution in [0.5, 0.6) is 0 Å². The molecule has 0 aliphatic heterocycles. The maximum absolute atomic E-state index is 16.9. The standard InChI is InChI=1S/C25H31FO5/c1-5-21(30)31-25(20(29)14-27)15(2)12-19-18-7-6-16-13-17(28)8-9-22(16,3)24(18,26)11-10-23(19,25)4/h8-11,13,15,18-19,27H,5-7,12,14H2,1-4H3/t15-,18+,19+,22+,23+,24-,25+/m1/s1. The molecule has 4 aliphatic rings. The zero-order valence-corrected chi connectivity index (χ0v) is 18.6. The molecule has 5 nitrogen and oxygen atoms in total. The number of ketones is 2. The van der Waals surface area contributed by atoms with Crippen LogP contribution in [-0.2, 0) is 19.1 Å². The summed E-state index contributed by atoms with van der Waals surface area (Å²) in [7, 11) is 0. The Hall–Kier alpha value is -2.08. The number of esters is 1. The van der Waals surface area contributed by atoms with E-state index in [2.05, 4.69) is 0 Å². The van der Waals surface area contributed by atoms with Gasteiger partial charge in [-0.3, -0.25) is 14.4 Å². The van der Waals surface area contributed by atoms with Crippen LogP contribution in [0, 0.1) is 28.6 Å². The van der Waals surface area contributed by atoms with Gasteiger partial charge in [-0.1, -0.05) is 38.5 Å². The first-order chi connectivity index (χ1) is 14.5. The monoisotopic (exact) mass is 430 g/mol. The molecule has 0 radical (unpaired) electrons. The van der Waals surface area contributed by atoms with Crippen LogP contribution in [0.4, 0.5) is 4.39 Å². The zero-order valence-electron chi connectivity index (χ0n) is 18.6. The number of carbonyl (C=O) groups excluding carboxylic acids is 3. The third-order valence-electron chi connectivity index (χ3n) is 8.78. The predicted octanol–water partition coefficient (Wildman–Crippen LogP) is 3.66. The Morgan fingerprint density at radius 2 is 1.94 bits per heavy atom. The van der Waals surface area contributed by atoms with Crippen LogP contribution >= 0.6 is 0 Å². The Morgan fingerprint density at radius 1 is 1.23 bits per heavy atom. The van der Waals surface area contributed by atoms with Crippen molar-refractivity contribution in [1.82, 2.24) is 0 Å². The molecule has 4 aliphatic carbocycles. The minimum absolute atomic E-state index is 0.110. The van der Waals surface area contributed by atoms with Crippen molar-refractivity contribution in [1.29, 1.82) is 0 Å². The molecule has 0 saturated heterocycles. The van der Waals surface area contributed by atoms with Gasteiger partial charge in [-0.2, -0.15) is 0 Å². The van der Waals surface area contributed by atoms with E-state index in [9.17, 15) is 19.5 Å². The summed E-state index contributed by atoms with van der Waals surface area (Å²) in [6.07, 6.45) is 9.70. The summed E-state index contributed by atoms with van der Waals surface area (Å²) in [6, 6.07) is 0. The van der Waals surface area contributed by atoms with E-state index in [0.29, 0.717) is 19.3 Å². The molecule has 0 aromatic rings. The average molecular weight is 431 g/mol. The molecule has 0 bridgehead atoms. The number of aliphatic hydroxyl groups is 1. The van der Waals surface area contributed by atoms with E-state index >= 15 is 4.39 Å². The number of fused-ring (bicyclic) bond motifs is 5. The Labute approximate surface area is 182 Å². The Bertz CT molecular complexity index is 934. The third-order valence-corrected chi connectivity index (χ3v) is 8.78. The highest BCUT2D eigenvalue weighted by Gasteiger charge is 2.73. The van der Waals surface area contributed by atoms with E-state index < -0.39 is 46.4 Å². The molecule has 0 spiro atoms.